The number of fused-ring (bicyclic) bond motifs is 3. The Morgan fingerprint density at radius 3 is 2.62 bits per heavy atom. The number of anilines is 1. The van der Waals surface area contributed by atoms with Gasteiger partial charge in [0.1, 0.15) is 6.54 Å². The molecule has 2 aromatic carbocycles. The van der Waals surface area contributed by atoms with Gasteiger partial charge < -0.3 is 5.32 Å². The van der Waals surface area contributed by atoms with Crippen molar-refractivity contribution in [3.8, 4) is 0 Å². The number of carbonyl (C=O) groups is 1. The van der Waals surface area contributed by atoms with Gasteiger partial charge in [0, 0.05) is 22.8 Å². The Bertz CT molecular complexity index is 1300. The third kappa shape index (κ3) is 3.46. The zero-order valence-electron chi connectivity index (χ0n) is 15.2. The molecule has 6 nitrogen and oxygen atoms in total. The first-order chi connectivity index (χ1) is 13.7. The summed E-state index contributed by atoms with van der Waals surface area (Å²) >= 11 is 0. The van der Waals surface area contributed by atoms with Crippen molar-refractivity contribution in [2.45, 2.75) is 19.6 Å². The number of hydrogen-bond acceptors (Lipinski definition) is 3. The van der Waals surface area contributed by atoms with Crippen LogP contribution in [-0.2, 0) is 17.5 Å². The number of benzene rings is 2. The first kappa shape index (κ1) is 18.7. The molecule has 2 aromatic heterocycles. The van der Waals surface area contributed by atoms with Crippen LogP contribution in [0, 0.1) is 6.92 Å². The molecule has 0 saturated carbocycles. The number of hydrogen-bond donors (Lipinski definition) is 1. The molecule has 4 aromatic rings. The van der Waals surface area contributed by atoms with E-state index in [-0.39, 0.29) is 17.8 Å². The molecule has 0 spiro atoms. The van der Waals surface area contributed by atoms with Crippen LogP contribution in [0.3, 0.4) is 0 Å². The number of para-hydroxylation sites is 1. The number of amides is 1. The van der Waals surface area contributed by atoms with E-state index in [1.807, 2.05) is 0 Å². The zero-order valence-corrected chi connectivity index (χ0v) is 15.2. The van der Waals surface area contributed by atoms with Crippen LogP contribution in [0.25, 0.3) is 16.6 Å². The van der Waals surface area contributed by atoms with Gasteiger partial charge in [-0.05, 0) is 37.3 Å². The lowest BCUT2D eigenvalue weighted by molar-refractivity contribution is -0.137. The summed E-state index contributed by atoms with van der Waals surface area (Å²) in [6.07, 6.45) is -4.50. The molecule has 0 fully saturated rings. The average Bonchev–Trinajstić information content (AvgIpc) is 2.95. The molecule has 0 saturated heterocycles. The fourth-order valence-corrected chi connectivity index (χ4v) is 3.33. The lowest BCUT2D eigenvalue weighted by Crippen LogP contribution is -2.23. The van der Waals surface area contributed by atoms with Crippen molar-refractivity contribution in [2.75, 3.05) is 5.32 Å². The molecular formula is C20H15F3N4O2. The summed E-state index contributed by atoms with van der Waals surface area (Å²) < 4.78 is 41.9. The van der Waals surface area contributed by atoms with Gasteiger partial charge in [-0.2, -0.15) is 18.2 Å². The first-order valence-electron chi connectivity index (χ1n) is 8.69. The predicted molar refractivity (Wildman–Crippen MR) is 102 cm³/mol. The van der Waals surface area contributed by atoms with E-state index in [4.69, 9.17) is 0 Å². The number of carbonyl (C=O) groups excluding carboxylic acids is 1. The highest BCUT2D eigenvalue weighted by molar-refractivity contribution is 5.95. The van der Waals surface area contributed by atoms with Crippen LogP contribution in [0.15, 0.2) is 59.4 Å². The zero-order chi connectivity index (χ0) is 20.8. The highest BCUT2D eigenvalue weighted by atomic mass is 19.4. The summed E-state index contributed by atoms with van der Waals surface area (Å²) in [6, 6.07) is 13.0. The Morgan fingerprint density at radius 1 is 1.10 bits per heavy atom. The Balaban J connectivity index is 1.73. The van der Waals surface area contributed by atoms with Crippen LogP contribution >= 0.6 is 0 Å². The van der Waals surface area contributed by atoms with Gasteiger partial charge in [0.05, 0.1) is 11.1 Å². The van der Waals surface area contributed by atoms with Gasteiger partial charge in [0.25, 0.3) is 5.56 Å². The Kier molecular flexibility index (Phi) is 4.37. The van der Waals surface area contributed by atoms with Crippen molar-refractivity contribution in [2.24, 2.45) is 0 Å². The number of rotatable bonds is 3. The van der Waals surface area contributed by atoms with Crippen LogP contribution in [0.2, 0.25) is 0 Å². The van der Waals surface area contributed by atoms with E-state index in [0.717, 1.165) is 12.1 Å². The molecule has 0 aliphatic rings. The van der Waals surface area contributed by atoms with Gasteiger partial charge in [0.15, 0.2) is 5.65 Å². The van der Waals surface area contributed by atoms with Gasteiger partial charge in [-0.1, -0.05) is 18.2 Å². The topological polar surface area (TPSA) is 68.4 Å². The number of alkyl halides is 3. The van der Waals surface area contributed by atoms with Crippen molar-refractivity contribution in [1.82, 2.24) is 14.2 Å². The summed E-state index contributed by atoms with van der Waals surface area (Å²) in [5.41, 5.74) is 0.490. The van der Waals surface area contributed by atoms with E-state index < -0.39 is 17.6 Å². The van der Waals surface area contributed by atoms with Crippen molar-refractivity contribution >= 4 is 28.1 Å². The van der Waals surface area contributed by atoms with Crippen LogP contribution in [0.5, 0.6) is 0 Å². The van der Waals surface area contributed by atoms with Crippen LogP contribution in [0.1, 0.15) is 11.3 Å². The summed E-state index contributed by atoms with van der Waals surface area (Å²) in [5.74, 6) is -0.509. The van der Waals surface area contributed by atoms with Crippen LogP contribution in [-0.4, -0.2) is 20.1 Å². The smallest absolute Gasteiger partial charge is 0.324 e. The molecule has 0 aliphatic heterocycles. The van der Waals surface area contributed by atoms with Gasteiger partial charge in [0.2, 0.25) is 5.91 Å². The minimum Gasteiger partial charge on any atom is -0.324 e. The molecule has 4 rings (SSSR count). The normalized spacial score (nSPS) is 11.9. The second kappa shape index (κ2) is 6.77. The van der Waals surface area contributed by atoms with Crippen molar-refractivity contribution < 1.29 is 18.0 Å². The molecule has 1 N–H and O–H groups in total. The molecule has 148 valence electrons. The summed E-state index contributed by atoms with van der Waals surface area (Å²) in [7, 11) is 0. The molecule has 0 unspecified atom stereocenters. The lowest BCUT2D eigenvalue weighted by Gasteiger charge is -2.12. The highest BCUT2D eigenvalue weighted by Gasteiger charge is 2.30. The van der Waals surface area contributed by atoms with E-state index in [0.29, 0.717) is 22.2 Å². The Hall–Kier alpha value is -3.62. The maximum Gasteiger partial charge on any atom is 0.416 e. The minimum atomic E-state index is -4.50. The quantitative estimate of drug-likeness (QED) is 0.571. The summed E-state index contributed by atoms with van der Waals surface area (Å²) in [4.78, 5) is 28.5. The monoisotopic (exact) mass is 400 g/mol. The Labute approximate surface area is 162 Å². The molecule has 29 heavy (non-hydrogen) atoms. The fraction of sp³-hybridized carbons (Fsp3) is 0.150. The number of nitrogens with one attached hydrogen (secondary N) is 1. The molecule has 9 heteroatoms. The number of aromatic nitrogens is 3. The second-order valence-electron chi connectivity index (χ2n) is 6.57. The lowest BCUT2D eigenvalue weighted by atomic mass is 10.2. The van der Waals surface area contributed by atoms with E-state index >= 15 is 0 Å². The summed E-state index contributed by atoms with van der Waals surface area (Å²) in [6.45, 7) is 1.54. The maximum absolute atomic E-state index is 12.9. The number of nitrogens with zero attached hydrogens (tertiary/aromatic N) is 3. The van der Waals surface area contributed by atoms with Gasteiger partial charge in [-0.25, -0.2) is 4.52 Å². The van der Waals surface area contributed by atoms with Gasteiger partial charge in [-0.3, -0.25) is 14.3 Å². The molecule has 2 heterocycles. The molecule has 0 bridgehead atoms. The highest BCUT2D eigenvalue weighted by Crippen LogP contribution is 2.30. The minimum absolute atomic E-state index is 0.0484. The third-order valence-corrected chi connectivity index (χ3v) is 4.51. The standard InChI is InChI=1S/C20H15F3N4O2/c1-12-9-17(28)25-19-15-7-2-3-8-16(15)26(27(12)19)11-18(29)24-14-6-4-5-13(10-14)20(21,22)23/h2-10H,11H2,1H3,(H,24,29). The average molecular weight is 400 g/mol. The van der Waals surface area contributed by atoms with Crippen molar-refractivity contribution in [1.29, 1.82) is 0 Å². The van der Waals surface area contributed by atoms with Gasteiger partial charge >= 0.3 is 6.18 Å². The molecule has 0 radical (unpaired) electrons. The molecule has 1 amide bonds. The number of halogens is 3. The summed E-state index contributed by atoms with van der Waals surface area (Å²) in [5, 5.41) is 3.19. The van der Waals surface area contributed by atoms with Crippen LogP contribution in [0.4, 0.5) is 18.9 Å². The Morgan fingerprint density at radius 2 is 1.86 bits per heavy atom. The number of aryl methyl sites for hydroxylation is 1. The fourth-order valence-electron chi connectivity index (χ4n) is 3.33. The van der Waals surface area contributed by atoms with Crippen LogP contribution < -0.4 is 10.9 Å². The molecular weight excluding hydrogens is 385 g/mol. The van der Waals surface area contributed by atoms with E-state index in [2.05, 4.69) is 10.3 Å². The van der Waals surface area contributed by atoms with E-state index in [9.17, 15) is 22.8 Å². The molecule has 0 atom stereocenters. The van der Waals surface area contributed by atoms with Gasteiger partial charge in [-0.15, -0.1) is 0 Å². The second-order valence-corrected chi connectivity index (χ2v) is 6.57. The third-order valence-electron chi connectivity index (χ3n) is 4.51. The van der Waals surface area contributed by atoms with E-state index in [1.54, 1.807) is 40.4 Å². The largest absolute Gasteiger partial charge is 0.416 e. The van der Waals surface area contributed by atoms with E-state index in [1.165, 1.54) is 18.2 Å². The van der Waals surface area contributed by atoms with Crippen molar-refractivity contribution in [3.63, 3.8) is 0 Å². The maximum atomic E-state index is 12.9. The SMILES string of the molecule is Cc1cc(=O)nc2c3ccccc3n(CC(=O)Nc3cccc(C(F)(F)F)c3)n12. The predicted octanol–water partition coefficient (Wildman–Crippen LogP) is 3.62. The molecule has 0 aliphatic carbocycles. The van der Waals surface area contributed by atoms with Crippen molar-refractivity contribution in [3.05, 3.63) is 76.2 Å². The first-order valence-corrected chi connectivity index (χ1v) is 8.69.